The first kappa shape index (κ1) is 27.8. The molecule has 2 amide bonds. The molecule has 0 bridgehead atoms. The van der Waals surface area contributed by atoms with E-state index in [1.54, 1.807) is 20.8 Å². The van der Waals surface area contributed by atoms with Crippen molar-refractivity contribution >= 4 is 33.2 Å². The maximum Gasteiger partial charge on any atom is 0.271 e. The van der Waals surface area contributed by atoms with E-state index >= 15 is 0 Å². The minimum Gasteiger partial charge on any atom is -0.355 e. The molecule has 2 rings (SSSR count). The monoisotopic (exact) mass is 504 g/mol. The van der Waals surface area contributed by atoms with E-state index in [1.165, 1.54) is 17.0 Å². The van der Waals surface area contributed by atoms with Crippen LogP contribution in [0.1, 0.15) is 31.4 Å². The van der Waals surface area contributed by atoms with Crippen LogP contribution in [0.5, 0.6) is 0 Å². The molecular formula is C24H32N4O6S. The second-order valence-corrected chi connectivity index (χ2v) is 10.0. The number of carbonyl (C=O) groups is 2. The van der Waals surface area contributed by atoms with Gasteiger partial charge in [0, 0.05) is 25.2 Å². The van der Waals surface area contributed by atoms with Crippen molar-refractivity contribution in [2.45, 2.75) is 39.7 Å². The molecule has 1 N–H and O–H groups in total. The molecule has 1 atom stereocenters. The number of carbonyl (C=O) groups excluding carboxylic acids is 2. The van der Waals surface area contributed by atoms with Gasteiger partial charge in [-0.1, -0.05) is 43.3 Å². The summed E-state index contributed by atoms with van der Waals surface area (Å²) in [5, 5.41) is 14.0. The molecule has 0 aliphatic carbocycles. The van der Waals surface area contributed by atoms with Gasteiger partial charge in [0.1, 0.15) is 12.6 Å². The number of likely N-dealkylation sites (N-methyl/N-ethyl adjacent to an activating group) is 1. The number of rotatable bonds is 12. The van der Waals surface area contributed by atoms with E-state index in [1.807, 2.05) is 30.3 Å². The number of benzene rings is 2. The average molecular weight is 505 g/mol. The zero-order chi connectivity index (χ0) is 26.2. The van der Waals surface area contributed by atoms with Gasteiger partial charge < -0.3 is 10.2 Å². The number of nitrogens with zero attached hydrogens (tertiary/aromatic N) is 3. The fourth-order valence-corrected chi connectivity index (χ4v) is 4.66. The number of non-ortho nitro benzene ring substituents is 1. The van der Waals surface area contributed by atoms with Gasteiger partial charge in [0.15, 0.2) is 0 Å². The normalized spacial score (nSPS) is 12.0. The molecule has 2 aromatic carbocycles. The van der Waals surface area contributed by atoms with Crippen LogP contribution in [0.4, 0.5) is 11.4 Å². The smallest absolute Gasteiger partial charge is 0.271 e. The molecule has 0 spiro atoms. The molecule has 0 radical (unpaired) electrons. The molecule has 0 saturated carbocycles. The molecular weight excluding hydrogens is 472 g/mol. The lowest BCUT2D eigenvalue weighted by molar-refractivity contribution is -0.384. The van der Waals surface area contributed by atoms with Crippen LogP contribution in [0, 0.1) is 17.0 Å². The lowest BCUT2D eigenvalue weighted by atomic mass is 10.1. The van der Waals surface area contributed by atoms with Crippen LogP contribution in [-0.4, -0.2) is 62.0 Å². The van der Waals surface area contributed by atoms with Crippen molar-refractivity contribution in [3.8, 4) is 0 Å². The third-order valence-electron chi connectivity index (χ3n) is 5.57. The highest BCUT2D eigenvalue weighted by Gasteiger charge is 2.32. The fraction of sp³-hybridized carbons (Fsp3) is 0.417. The van der Waals surface area contributed by atoms with Crippen LogP contribution in [0.25, 0.3) is 0 Å². The van der Waals surface area contributed by atoms with E-state index in [9.17, 15) is 28.1 Å². The van der Waals surface area contributed by atoms with Crippen molar-refractivity contribution in [2.75, 3.05) is 30.2 Å². The fourth-order valence-electron chi connectivity index (χ4n) is 3.76. The standard InChI is InChI=1S/C24H32N4O6S/c1-5-21(24(30)25-6-2)26(15-14-19-10-8-7-9-11-19)23(29)17-27(35(4,33)34)22-16-20(28(31)32)13-12-18(22)3/h7-13,16,21H,5-6,14-15,17H2,1-4H3,(H,25,30). The number of amides is 2. The molecule has 0 fully saturated rings. The predicted molar refractivity (Wildman–Crippen MR) is 135 cm³/mol. The molecule has 11 heteroatoms. The first-order valence-electron chi connectivity index (χ1n) is 11.3. The van der Waals surface area contributed by atoms with Gasteiger partial charge in [0.25, 0.3) is 5.69 Å². The van der Waals surface area contributed by atoms with Crippen LogP contribution < -0.4 is 9.62 Å². The van der Waals surface area contributed by atoms with Crippen molar-refractivity contribution in [1.29, 1.82) is 0 Å². The summed E-state index contributed by atoms with van der Waals surface area (Å²) in [4.78, 5) is 38.3. The van der Waals surface area contributed by atoms with E-state index in [0.29, 0.717) is 24.9 Å². The summed E-state index contributed by atoms with van der Waals surface area (Å²) in [5.41, 5.74) is 1.18. The Hall–Kier alpha value is -3.47. The maximum absolute atomic E-state index is 13.5. The van der Waals surface area contributed by atoms with Gasteiger partial charge in [0.2, 0.25) is 21.8 Å². The van der Waals surface area contributed by atoms with Crippen LogP contribution in [0.3, 0.4) is 0 Å². The second kappa shape index (κ2) is 12.3. The zero-order valence-corrected chi connectivity index (χ0v) is 21.2. The summed E-state index contributed by atoms with van der Waals surface area (Å²) in [7, 11) is -3.98. The van der Waals surface area contributed by atoms with Gasteiger partial charge in [-0.25, -0.2) is 8.42 Å². The number of nitro benzene ring substituents is 1. The third kappa shape index (κ3) is 7.51. The van der Waals surface area contributed by atoms with Crippen LogP contribution in [0.2, 0.25) is 0 Å². The summed E-state index contributed by atoms with van der Waals surface area (Å²) < 4.78 is 26.2. The minimum atomic E-state index is -3.98. The predicted octanol–water partition coefficient (Wildman–Crippen LogP) is 2.66. The molecule has 0 aliphatic heterocycles. The van der Waals surface area contributed by atoms with Crippen molar-refractivity contribution in [2.24, 2.45) is 0 Å². The van der Waals surface area contributed by atoms with Crippen molar-refractivity contribution in [3.63, 3.8) is 0 Å². The average Bonchev–Trinajstić information content (AvgIpc) is 2.80. The van der Waals surface area contributed by atoms with Crippen molar-refractivity contribution in [3.05, 3.63) is 69.8 Å². The Morgan fingerprint density at radius 2 is 1.77 bits per heavy atom. The Morgan fingerprint density at radius 3 is 2.31 bits per heavy atom. The number of nitrogens with one attached hydrogen (secondary N) is 1. The molecule has 0 aliphatic rings. The topological polar surface area (TPSA) is 130 Å². The molecule has 35 heavy (non-hydrogen) atoms. The largest absolute Gasteiger partial charge is 0.355 e. The van der Waals surface area contributed by atoms with Crippen molar-refractivity contribution in [1.82, 2.24) is 10.2 Å². The summed E-state index contributed by atoms with van der Waals surface area (Å²) in [6.07, 6.45) is 1.74. The van der Waals surface area contributed by atoms with Gasteiger partial charge in [-0.2, -0.15) is 0 Å². The molecule has 1 unspecified atom stereocenters. The quantitative estimate of drug-likeness (QED) is 0.349. The molecule has 190 valence electrons. The Bertz CT molecular complexity index is 1150. The number of nitro groups is 1. The molecule has 10 nitrogen and oxygen atoms in total. The Balaban J connectivity index is 2.44. The van der Waals surface area contributed by atoms with E-state index < -0.39 is 33.4 Å². The third-order valence-corrected chi connectivity index (χ3v) is 6.70. The van der Waals surface area contributed by atoms with E-state index in [2.05, 4.69) is 5.32 Å². The molecule has 2 aromatic rings. The van der Waals surface area contributed by atoms with Gasteiger partial charge in [-0.05, 0) is 37.8 Å². The number of sulfonamides is 1. The summed E-state index contributed by atoms with van der Waals surface area (Å²) in [6.45, 7) is 5.16. The number of hydrogen-bond acceptors (Lipinski definition) is 6. The number of hydrogen-bond donors (Lipinski definition) is 1. The SMILES string of the molecule is CCNC(=O)C(CC)N(CCc1ccccc1)C(=O)CN(c1cc([N+](=O)[O-])ccc1C)S(C)(=O)=O. The van der Waals surface area contributed by atoms with Crippen LogP contribution >= 0.6 is 0 Å². The Kier molecular flexibility index (Phi) is 9.76. The van der Waals surface area contributed by atoms with Crippen LogP contribution in [-0.2, 0) is 26.0 Å². The highest BCUT2D eigenvalue weighted by Crippen LogP contribution is 2.27. The number of aryl methyl sites for hydroxylation is 1. The van der Waals surface area contributed by atoms with Gasteiger partial charge >= 0.3 is 0 Å². The van der Waals surface area contributed by atoms with E-state index in [0.717, 1.165) is 22.2 Å². The van der Waals surface area contributed by atoms with E-state index in [-0.39, 0.29) is 23.8 Å². The van der Waals surface area contributed by atoms with Crippen molar-refractivity contribution < 1.29 is 22.9 Å². The van der Waals surface area contributed by atoms with Gasteiger partial charge in [-0.15, -0.1) is 0 Å². The first-order chi connectivity index (χ1) is 16.5. The molecule has 0 aromatic heterocycles. The van der Waals surface area contributed by atoms with Gasteiger partial charge in [-0.3, -0.25) is 24.0 Å². The lowest BCUT2D eigenvalue weighted by Crippen LogP contribution is -2.53. The Labute approximate surface area is 206 Å². The molecule has 0 heterocycles. The van der Waals surface area contributed by atoms with E-state index in [4.69, 9.17) is 0 Å². The second-order valence-electron chi connectivity index (χ2n) is 8.14. The minimum absolute atomic E-state index is 0.0455. The van der Waals surface area contributed by atoms with Gasteiger partial charge in [0.05, 0.1) is 16.9 Å². The highest BCUT2D eigenvalue weighted by molar-refractivity contribution is 7.92. The summed E-state index contributed by atoms with van der Waals surface area (Å²) in [6, 6.07) is 12.5. The molecule has 0 saturated heterocycles. The van der Waals surface area contributed by atoms with Crippen LogP contribution in [0.15, 0.2) is 48.5 Å². The zero-order valence-electron chi connectivity index (χ0n) is 20.4. The summed E-state index contributed by atoms with van der Waals surface area (Å²) >= 11 is 0. The lowest BCUT2D eigenvalue weighted by Gasteiger charge is -2.33. The number of anilines is 1. The Morgan fingerprint density at radius 1 is 1.11 bits per heavy atom. The summed E-state index contributed by atoms with van der Waals surface area (Å²) in [5.74, 6) is -0.899. The maximum atomic E-state index is 13.5. The first-order valence-corrected chi connectivity index (χ1v) is 13.2. The highest BCUT2D eigenvalue weighted by atomic mass is 32.2.